The van der Waals surface area contributed by atoms with Crippen LogP contribution in [0.4, 0.5) is 11.6 Å². The number of likely N-dealkylation sites (N-methyl/N-ethyl adjacent to an activating group) is 1. The fraction of sp³-hybridized carbons (Fsp3) is 0.385. The second-order valence-corrected chi connectivity index (χ2v) is 6.39. The van der Waals surface area contributed by atoms with Gasteiger partial charge in [0.2, 0.25) is 0 Å². The van der Waals surface area contributed by atoms with E-state index in [9.17, 15) is 0 Å². The van der Waals surface area contributed by atoms with Crippen LogP contribution in [0.1, 0.15) is 0 Å². The van der Waals surface area contributed by atoms with E-state index >= 15 is 0 Å². The fourth-order valence-electron chi connectivity index (χ4n) is 2.20. The minimum absolute atomic E-state index is 0.410. The third-order valence-corrected chi connectivity index (χ3v) is 4.62. The number of hydrogen-bond donors (Lipinski definition) is 0. The van der Waals surface area contributed by atoms with Gasteiger partial charge in [-0.1, -0.05) is 11.8 Å². The van der Waals surface area contributed by atoms with E-state index in [1.54, 1.807) is 30.4 Å². The maximum Gasteiger partial charge on any atom is 0.189 e. The zero-order chi connectivity index (χ0) is 14.8. The van der Waals surface area contributed by atoms with Gasteiger partial charge in [0.1, 0.15) is 11.6 Å². The van der Waals surface area contributed by atoms with Crippen molar-refractivity contribution in [2.45, 2.75) is 11.2 Å². The largest absolute Gasteiger partial charge is 0.352 e. The quantitative estimate of drug-likeness (QED) is 0.606. The van der Waals surface area contributed by atoms with Gasteiger partial charge >= 0.3 is 0 Å². The van der Waals surface area contributed by atoms with Crippen LogP contribution in [0.15, 0.2) is 34.4 Å². The Morgan fingerprint density at radius 2 is 2.10 bits per heavy atom. The average Bonchev–Trinajstić information content (AvgIpc) is 2.47. The molecule has 1 fully saturated rings. The van der Waals surface area contributed by atoms with E-state index in [0.29, 0.717) is 6.04 Å². The molecule has 3 rings (SSSR count). The topological polar surface area (TPSA) is 58.0 Å². The SMILES string of the molecule is CSc1ncc(Br)c(N(C)C2CN(c3cnccn3)C2)n1. The van der Waals surface area contributed by atoms with Crippen LogP contribution in [-0.4, -0.2) is 52.4 Å². The summed E-state index contributed by atoms with van der Waals surface area (Å²) in [4.78, 5) is 21.7. The Morgan fingerprint density at radius 3 is 2.76 bits per heavy atom. The van der Waals surface area contributed by atoms with E-state index in [4.69, 9.17) is 0 Å². The first kappa shape index (κ1) is 14.5. The standard InChI is InChI=1S/C13H15BrN6S/c1-19(12-10(14)5-17-13(18-12)21-2)9-7-20(8-9)11-6-15-3-4-16-11/h3-6,9H,7-8H2,1-2H3. The number of thioether (sulfide) groups is 1. The molecule has 2 aromatic heterocycles. The molecule has 8 heteroatoms. The summed E-state index contributed by atoms with van der Waals surface area (Å²) in [6.45, 7) is 1.83. The van der Waals surface area contributed by atoms with E-state index in [-0.39, 0.29) is 0 Å². The summed E-state index contributed by atoms with van der Waals surface area (Å²) < 4.78 is 0.917. The van der Waals surface area contributed by atoms with Gasteiger partial charge in [-0.15, -0.1) is 0 Å². The van der Waals surface area contributed by atoms with Crippen molar-refractivity contribution in [3.63, 3.8) is 0 Å². The van der Waals surface area contributed by atoms with Gasteiger partial charge in [0.25, 0.3) is 0 Å². The van der Waals surface area contributed by atoms with Gasteiger partial charge in [0.15, 0.2) is 5.16 Å². The maximum atomic E-state index is 4.58. The van der Waals surface area contributed by atoms with Crippen LogP contribution >= 0.6 is 27.7 Å². The molecule has 0 radical (unpaired) electrons. The van der Waals surface area contributed by atoms with Gasteiger partial charge in [-0.3, -0.25) is 4.98 Å². The van der Waals surface area contributed by atoms with Crippen LogP contribution in [0.5, 0.6) is 0 Å². The summed E-state index contributed by atoms with van der Waals surface area (Å²) in [5.74, 6) is 1.85. The molecule has 0 amide bonds. The summed E-state index contributed by atoms with van der Waals surface area (Å²) in [7, 11) is 2.07. The van der Waals surface area contributed by atoms with Crippen molar-refractivity contribution in [3.05, 3.63) is 29.3 Å². The molecule has 1 aliphatic heterocycles. The molecule has 2 aromatic rings. The third-order valence-electron chi connectivity index (χ3n) is 3.50. The highest BCUT2D eigenvalue weighted by atomic mass is 79.9. The Bertz CT molecular complexity index is 619. The number of anilines is 2. The predicted molar refractivity (Wildman–Crippen MR) is 87.9 cm³/mol. The predicted octanol–water partition coefficient (Wildman–Crippen LogP) is 2.08. The van der Waals surface area contributed by atoms with Crippen LogP contribution in [0.2, 0.25) is 0 Å². The van der Waals surface area contributed by atoms with Crippen molar-refractivity contribution in [2.24, 2.45) is 0 Å². The molecule has 1 aliphatic rings. The Morgan fingerprint density at radius 1 is 1.29 bits per heavy atom. The summed E-state index contributed by atoms with van der Waals surface area (Å²) >= 11 is 5.08. The second kappa shape index (κ2) is 6.15. The van der Waals surface area contributed by atoms with E-state index in [1.807, 2.05) is 12.5 Å². The molecule has 110 valence electrons. The lowest BCUT2D eigenvalue weighted by molar-refractivity contribution is 0.487. The van der Waals surface area contributed by atoms with Crippen LogP contribution in [0.25, 0.3) is 0 Å². The number of rotatable bonds is 4. The molecule has 0 aromatic carbocycles. The highest BCUT2D eigenvalue weighted by Gasteiger charge is 2.32. The van der Waals surface area contributed by atoms with E-state index in [0.717, 1.165) is 34.4 Å². The summed E-state index contributed by atoms with van der Waals surface area (Å²) in [6, 6.07) is 0.410. The van der Waals surface area contributed by atoms with Gasteiger partial charge in [-0.25, -0.2) is 15.0 Å². The fourth-order valence-corrected chi connectivity index (χ4v) is 3.01. The van der Waals surface area contributed by atoms with Crippen molar-refractivity contribution < 1.29 is 0 Å². The van der Waals surface area contributed by atoms with Gasteiger partial charge in [-0.05, 0) is 22.2 Å². The molecule has 1 saturated heterocycles. The number of halogens is 1. The molecule has 6 nitrogen and oxygen atoms in total. The monoisotopic (exact) mass is 366 g/mol. The molecule has 0 saturated carbocycles. The summed E-state index contributed by atoms with van der Waals surface area (Å²) in [5, 5.41) is 0.783. The van der Waals surface area contributed by atoms with Crippen molar-refractivity contribution in [3.8, 4) is 0 Å². The first-order chi connectivity index (χ1) is 10.2. The lowest BCUT2D eigenvalue weighted by atomic mass is 10.1. The summed E-state index contributed by atoms with van der Waals surface area (Å²) in [6.07, 6.45) is 8.99. The zero-order valence-corrected chi connectivity index (χ0v) is 14.2. The van der Waals surface area contributed by atoms with Crippen LogP contribution in [-0.2, 0) is 0 Å². The van der Waals surface area contributed by atoms with Crippen molar-refractivity contribution in [1.29, 1.82) is 0 Å². The highest BCUT2D eigenvalue weighted by molar-refractivity contribution is 9.10. The first-order valence-corrected chi connectivity index (χ1v) is 8.51. The Balaban J connectivity index is 1.69. The molecule has 3 heterocycles. The van der Waals surface area contributed by atoms with Crippen LogP contribution in [0, 0.1) is 0 Å². The smallest absolute Gasteiger partial charge is 0.189 e. The van der Waals surface area contributed by atoms with E-state index in [2.05, 4.69) is 52.7 Å². The number of aromatic nitrogens is 4. The van der Waals surface area contributed by atoms with Crippen molar-refractivity contribution in [1.82, 2.24) is 19.9 Å². The summed E-state index contributed by atoms with van der Waals surface area (Å²) in [5.41, 5.74) is 0. The highest BCUT2D eigenvalue weighted by Crippen LogP contribution is 2.29. The minimum atomic E-state index is 0.410. The molecular weight excluding hydrogens is 352 g/mol. The lowest BCUT2D eigenvalue weighted by Gasteiger charge is -2.45. The van der Waals surface area contributed by atoms with Crippen LogP contribution < -0.4 is 9.80 Å². The average molecular weight is 367 g/mol. The third kappa shape index (κ3) is 2.96. The number of hydrogen-bond acceptors (Lipinski definition) is 7. The van der Waals surface area contributed by atoms with E-state index in [1.165, 1.54) is 0 Å². The maximum absolute atomic E-state index is 4.58. The van der Waals surface area contributed by atoms with Crippen molar-refractivity contribution in [2.75, 3.05) is 36.2 Å². The molecular formula is C13H15BrN6S. The second-order valence-electron chi connectivity index (χ2n) is 4.76. The van der Waals surface area contributed by atoms with Crippen LogP contribution in [0.3, 0.4) is 0 Å². The Labute approximate surface area is 136 Å². The van der Waals surface area contributed by atoms with Gasteiger partial charge in [0, 0.05) is 38.7 Å². The zero-order valence-electron chi connectivity index (χ0n) is 11.8. The lowest BCUT2D eigenvalue weighted by Crippen LogP contribution is -2.59. The Hall–Kier alpha value is -1.41. The first-order valence-electron chi connectivity index (χ1n) is 6.49. The molecule has 0 bridgehead atoms. The Kier molecular flexibility index (Phi) is 4.25. The molecule has 0 N–H and O–H groups in total. The van der Waals surface area contributed by atoms with Gasteiger partial charge < -0.3 is 9.80 Å². The van der Waals surface area contributed by atoms with E-state index < -0.39 is 0 Å². The van der Waals surface area contributed by atoms with Crippen molar-refractivity contribution >= 4 is 39.3 Å². The van der Waals surface area contributed by atoms with Gasteiger partial charge in [0.05, 0.1) is 16.7 Å². The number of nitrogens with zero attached hydrogens (tertiary/aromatic N) is 6. The minimum Gasteiger partial charge on any atom is -0.352 e. The molecule has 0 spiro atoms. The molecule has 21 heavy (non-hydrogen) atoms. The molecule has 0 atom stereocenters. The van der Waals surface area contributed by atoms with Gasteiger partial charge in [-0.2, -0.15) is 0 Å². The normalized spacial score (nSPS) is 14.9. The molecule has 0 aliphatic carbocycles. The molecule has 0 unspecified atom stereocenters.